The number of nitrogens with zero attached hydrogens (tertiary/aromatic N) is 1. The molecule has 2 N–H and O–H groups in total. The summed E-state index contributed by atoms with van der Waals surface area (Å²) >= 11 is 5.91. The number of nitrogens with one attached hydrogen (secondary N) is 1. The lowest BCUT2D eigenvalue weighted by molar-refractivity contribution is -0.386. The van der Waals surface area contributed by atoms with Crippen LogP contribution in [0.2, 0.25) is 5.02 Å². The van der Waals surface area contributed by atoms with E-state index in [2.05, 4.69) is 5.32 Å². The van der Waals surface area contributed by atoms with Crippen molar-refractivity contribution in [1.29, 1.82) is 0 Å². The smallest absolute Gasteiger partial charge is 0.276 e. The van der Waals surface area contributed by atoms with Crippen LogP contribution in [0.25, 0.3) is 0 Å². The van der Waals surface area contributed by atoms with Gasteiger partial charge >= 0.3 is 0 Å². The van der Waals surface area contributed by atoms with E-state index in [4.69, 9.17) is 11.6 Å². The van der Waals surface area contributed by atoms with Crippen molar-refractivity contribution in [2.24, 2.45) is 0 Å². The number of aliphatic hydroxyl groups excluding tert-OH is 1. The van der Waals surface area contributed by atoms with Crippen LogP contribution < -0.4 is 5.32 Å². The van der Waals surface area contributed by atoms with Gasteiger partial charge in [-0.2, -0.15) is 0 Å². The Morgan fingerprint density at radius 2 is 1.91 bits per heavy atom. The SMILES string of the molecule is O=[N+]([O-])c1cccc(Cl)c1C(O)CNCc1cc(F)cc(F)c1. The molecule has 0 radical (unpaired) electrons. The zero-order valence-electron chi connectivity index (χ0n) is 11.8. The van der Waals surface area contributed by atoms with Crippen molar-refractivity contribution in [3.63, 3.8) is 0 Å². The fourth-order valence-corrected chi connectivity index (χ4v) is 2.48. The molecule has 122 valence electrons. The van der Waals surface area contributed by atoms with E-state index in [0.717, 1.165) is 18.2 Å². The Morgan fingerprint density at radius 3 is 2.52 bits per heavy atom. The van der Waals surface area contributed by atoms with Crippen LogP contribution in [0, 0.1) is 21.7 Å². The van der Waals surface area contributed by atoms with Gasteiger partial charge < -0.3 is 10.4 Å². The van der Waals surface area contributed by atoms with Crippen LogP contribution in [-0.2, 0) is 6.54 Å². The molecule has 5 nitrogen and oxygen atoms in total. The minimum absolute atomic E-state index is 0.00269. The van der Waals surface area contributed by atoms with E-state index >= 15 is 0 Å². The molecule has 23 heavy (non-hydrogen) atoms. The number of halogens is 3. The highest BCUT2D eigenvalue weighted by molar-refractivity contribution is 6.31. The van der Waals surface area contributed by atoms with Gasteiger partial charge in [0, 0.05) is 25.2 Å². The van der Waals surface area contributed by atoms with Crippen molar-refractivity contribution in [1.82, 2.24) is 5.32 Å². The third-order valence-corrected chi connectivity index (χ3v) is 3.48. The van der Waals surface area contributed by atoms with Gasteiger partial charge in [-0.25, -0.2) is 8.78 Å². The Bertz CT molecular complexity index is 708. The van der Waals surface area contributed by atoms with E-state index in [9.17, 15) is 24.0 Å². The van der Waals surface area contributed by atoms with Crippen LogP contribution in [0.15, 0.2) is 36.4 Å². The normalized spacial score (nSPS) is 12.2. The summed E-state index contributed by atoms with van der Waals surface area (Å²) in [4.78, 5) is 10.3. The van der Waals surface area contributed by atoms with Gasteiger partial charge in [-0.3, -0.25) is 10.1 Å². The minimum atomic E-state index is -1.23. The summed E-state index contributed by atoms with van der Waals surface area (Å²) < 4.78 is 26.1. The predicted octanol–water partition coefficient (Wildman–Crippen LogP) is 3.35. The van der Waals surface area contributed by atoms with Gasteiger partial charge in [0.05, 0.1) is 21.6 Å². The van der Waals surface area contributed by atoms with Crippen molar-refractivity contribution in [2.75, 3.05) is 6.54 Å². The third kappa shape index (κ3) is 4.44. The first kappa shape index (κ1) is 17.3. The second-order valence-electron chi connectivity index (χ2n) is 4.85. The molecular weight excluding hydrogens is 330 g/mol. The summed E-state index contributed by atoms with van der Waals surface area (Å²) in [7, 11) is 0. The second kappa shape index (κ2) is 7.45. The zero-order valence-corrected chi connectivity index (χ0v) is 12.6. The molecule has 0 aliphatic carbocycles. The van der Waals surface area contributed by atoms with Crippen molar-refractivity contribution in [3.05, 3.63) is 74.3 Å². The van der Waals surface area contributed by atoms with Crippen LogP contribution in [-0.4, -0.2) is 16.6 Å². The maximum absolute atomic E-state index is 13.1. The van der Waals surface area contributed by atoms with Gasteiger partial charge in [0.2, 0.25) is 0 Å². The van der Waals surface area contributed by atoms with Crippen LogP contribution in [0.1, 0.15) is 17.2 Å². The number of aliphatic hydroxyl groups is 1. The second-order valence-corrected chi connectivity index (χ2v) is 5.26. The summed E-state index contributed by atoms with van der Waals surface area (Å²) in [6.45, 7) is 0.0205. The van der Waals surface area contributed by atoms with E-state index in [0.29, 0.717) is 5.56 Å². The van der Waals surface area contributed by atoms with Crippen molar-refractivity contribution in [3.8, 4) is 0 Å². The van der Waals surface area contributed by atoms with E-state index in [-0.39, 0.29) is 29.4 Å². The summed E-state index contributed by atoms with van der Waals surface area (Å²) in [5.41, 5.74) is 0.0593. The average molecular weight is 343 g/mol. The van der Waals surface area contributed by atoms with Crippen LogP contribution in [0.3, 0.4) is 0 Å². The maximum Gasteiger partial charge on any atom is 0.276 e. The molecule has 0 aromatic heterocycles. The number of hydrogen-bond acceptors (Lipinski definition) is 4. The molecule has 0 amide bonds. The first-order chi connectivity index (χ1) is 10.9. The molecule has 8 heteroatoms. The fourth-order valence-electron chi connectivity index (χ4n) is 2.18. The molecule has 1 unspecified atom stereocenters. The molecule has 0 spiro atoms. The Morgan fingerprint density at radius 1 is 1.26 bits per heavy atom. The number of hydrogen-bond donors (Lipinski definition) is 2. The van der Waals surface area contributed by atoms with Crippen molar-refractivity contribution in [2.45, 2.75) is 12.6 Å². The monoisotopic (exact) mass is 342 g/mol. The van der Waals surface area contributed by atoms with E-state index in [1.165, 1.54) is 18.2 Å². The Labute approximate surface area is 135 Å². The number of rotatable bonds is 6. The average Bonchev–Trinajstić information content (AvgIpc) is 2.45. The van der Waals surface area contributed by atoms with Gasteiger partial charge in [-0.05, 0) is 23.8 Å². The fraction of sp³-hybridized carbons (Fsp3) is 0.200. The lowest BCUT2D eigenvalue weighted by Crippen LogP contribution is -2.22. The number of benzene rings is 2. The first-order valence-corrected chi connectivity index (χ1v) is 7.03. The van der Waals surface area contributed by atoms with Gasteiger partial charge in [0.25, 0.3) is 5.69 Å². The highest BCUT2D eigenvalue weighted by Gasteiger charge is 2.23. The largest absolute Gasteiger partial charge is 0.387 e. The molecular formula is C15H13ClF2N2O3. The zero-order chi connectivity index (χ0) is 17.0. The summed E-state index contributed by atoms with van der Waals surface area (Å²) in [5, 5.41) is 24.0. The molecule has 2 aromatic rings. The standard InChI is InChI=1S/C15H13ClF2N2O3/c16-12-2-1-3-13(20(22)23)15(12)14(21)8-19-7-9-4-10(17)6-11(18)5-9/h1-6,14,19,21H,7-8H2. The molecule has 0 aliphatic heterocycles. The molecule has 0 heterocycles. The van der Waals surface area contributed by atoms with Crippen molar-refractivity contribution >= 4 is 17.3 Å². The topological polar surface area (TPSA) is 75.4 Å². The molecule has 0 bridgehead atoms. The van der Waals surface area contributed by atoms with Gasteiger partial charge in [-0.1, -0.05) is 17.7 Å². The first-order valence-electron chi connectivity index (χ1n) is 6.65. The summed E-state index contributed by atoms with van der Waals surface area (Å²) in [6, 6.07) is 7.16. The Balaban J connectivity index is 2.05. The number of nitro groups is 1. The van der Waals surface area contributed by atoms with Gasteiger partial charge in [0.15, 0.2) is 0 Å². The highest BCUT2D eigenvalue weighted by atomic mass is 35.5. The predicted molar refractivity (Wildman–Crippen MR) is 81.1 cm³/mol. The van der Waals surface area contributed by atoms with E-state index < -0.39 is 22.7 Å². The van der Waals surface area contributed by atoms with E-state index in [1.54, 1.807) is 0 Å². The van der Waals surface area contributed by atoms with Crippen LogP contribution >= 0.6 is 11.6 Å². The molecule has 0 saturated heterocycles. The molecule has 0 fully saturated rings. The van der Waals surface area contributed by atoms with E-state index in [1.807, 2.05) is 0 Å². The molecule has 1 atom stereocenters. The quantitative estimate of drug-likeness (QED) is 0.623. The minimum Gasteiger partial charge on any atom is -0.387 e. The van der Waals surface area contributed by atoms with Crippen LogP contribution in [0.4, 0.5) is 14.5 Å². The molecule has 2 rings (SSSR count). The van der Waals surface area contributed by atoms with Gasteiger partial charge in [-0.15, -0.1) is 0 Å². The molecule has 0 saturated carbocycles. The Kier molecular flexibility index (Phi) is 5.59. The summed E-state index contributed by atoms with van der Waals surface area (Å²) in [5.74, 6) is -1.41. The summed E-state index contributed by atoms with van der Waals surface area (Å²) in [6.07, 6.45) is -1.23. The lowest BCUT2D eigenvalue weighted by Gasteiger charge is -2.14. The highest BCUT2D eigenvalue weighted by Crippen LogP contribution is 2.31. The molecule has 0 aliphatic rings. The van der Waals surface area contributed by atoms with Crippen LogP contribution in [0.5, 0.6) is 0 Å². The van der Waals surface area contributed by atoms with Gasteiger partial charge in [0.1, 0.15) is 11.6 Å². The van der Waals surface area contributed by atoms with Crippen molar-refractivity contribution < 1.29 is 18.8 Å². The maximum atomic E-state index is 13.1. The number of nitro benzene ring substituents is 1. The Hall–Kier alpha value is -2.09. The molecule has 2 aromatic carbocycles. The third-order valence-electron chi connectivity index (χ3n) is 3.15. The lowest BCUT2D eigenvalue weighted by atomic mass is 10.1.